The van der Waals surface area contributed by atoms with Crippen LogP contribution in [0.1, 0.15) is 69.2 Å². The van der Waals surface area contributed by atoms with E-state index in [1.165, 1.54) is 13.0 Å². The fraction of sp³-hybridized carbons (Fsp3) is 1.00. The molecule has 3 heterocycles. The van der Waals surface area contributed by atoms with E-state index in [0.29, 0.717) is 23.7 Å². The van der Waals surface area contributed by atoms with Crippen LogP contribution in [-0.4, -0.2) is 41.8 Å². The van der Waals surface area contributed by atoms with Crippen LogP contribution in [0.5, 0.6) is 0 Å². The molecule has 6 atom stereocenters. The van der Waals surface area contributed by atoms with E-state index in [1.54, 1.807) is 0 Å². The molecule has 0 amide bonds. The van der Waals surface area contributed by atoms with E-state index in [0.717, 1.165) is 30.2 Å². The van der Waals surface area contributed by atoms with Crippen LogP contribution in [0.15, 0.2) is 0 Å². The second kappa shape index (κ2) is 6.55. The minimum Gasteiger partial charge on any atom is -0.315 e. The highest BCUT2D eigenvalue weighted by Gasteiger charge is 2.62. The van der Waals surface area contributed by atoms with E-state index >= 15 is 0 Å². The molecule has 24 heavy (non-hydrogen) atoms. The minimum atomic E-state index is 0. The van der Waals surface area contributed by atoms with Crippen LogP contribution in [0, 0.1) is 29.1 Å². The molecule has 3 aliphatic heterocycles. The Labute approximate surface area is 151 Å². The summed E-state index contributed by atoms with van der Waals surface area (Å²) in [5.41, 5.74) is 0.523. The smallest absolute Gasteiger partial charge is 0.0642 e. The number of nitrogens with zero attached hydrogens (tertiary/aromatic N) is 1. The Morgan fingerprint density at radius 1 is 1.04 bits per heavy atom. The van der Waals surface area contributed by atoms with E-state index in [2.05, 4.69) is 70.9 Å². The van der Waals surface area contributed by atoms with Gasteiger partial charge in [0.15, 0.2) is 0 Å². The second-order valence-electron chi connectivity index (χ2n) is 10.7. The van der Waals surface area contributed by atoms with Gasteiger partial charge in [-0.1, -0.05) is 42.0 Å². The van der Waals surface area contributed by atoms with Gasteiger partial charge in [-0.25, -0.2) is 0 Å². The number of hydrogen-bond donors (Lipinski definition) is 2. The quantitative estimate of drug-likeness (QED) is 0.759. The molecule has 3 aliphatic rings. The zero-order valence-corrected chi connectivity index (χ0v) is 16.6. The topological polar surface area (TPSA) is 27.3 Å². The second-order valence-corrected chi connectivity index (χ2v) is 10.7. The van der Waals surface area contributed by atoms with Crippen LogP contribution >= 0.6 is 0 Å². The van der Waals surface area contributed by atoms with Crippen LogP contribution in [0.2, 0.25) is 0 Å². The Bertz CT molecular complexity index is 431. The summed E-state index contributed by atoms with van der Waals surface area (Å²) < 4.78 is 0. The third-order valence-corrected chi connectivity index (χ3v) is 6.62. The molecule has 0 aromatic heterocycles. The normalized spacial score (nSPS) is 40.4. The van der Waals surface area contributed by atoms with Gasteiger partial charge in [0.1, 0.15) is 0 Å². The lowest BCUT2D eigenvalue weighted by molar-refractivity contribution is -0.00430. The van der Waals surface area contributed by atoms with Gasteiger partial charge < -0.3 is 5.32 Å². The van der Waals surface area contributed by atoms with Crippen molar-refractivity contribution in [3.05, 3.63) is 0 Å². The highest BCUT2D eigenvalue weighted by molar-refractivity contribution is 5.14. The van der Waals surface area contributed by atoms with Gasteiger partial charge in [0.05, 0.1) is 6.17 Å². The highest BCUT2D eigenvalue weighted by atomic mass is 15.4. The van der Waals surface area contributed by atoms with E-state index in [-0.39, 0.29) is 13.0 Å². The van der Waals surface area contributed by atoms with E-state index in [1.807, 2.05) is 0 Å². The molecule has 3 nitrogen and oxygen atoms in total. The maximum absolute atomic E-state index is 4.06. The Morgan fingerprint density at radius 2 is 1.67 bits per heavy atom. The first-order chi connectivity index (χ1) is 10.5. The highest BCUT2D eigenvalue weighted by Crippen LogP contribution is 2.55. The zero-order valence-electron chi connectivity index (χ0n) is 16.6. The van der Waals surface area contributed by atoms with Crippen LogP contribution in [-0.2, 0) is 0 Å². The van der Waals surface area contributed by atoms with Crippen molar-refractivity contribution in [3.63, 3.8) is 0 Å². The average Bonchev–Trinajstić information content (AvgIpc) is 2.89. The van der Waals surface area contributed by atoms with Gasteiger partial charge in [0, 0.05) is 24.2 Å². The van der Waals surface area contributed by atoms with Crippen molar-refractivity contribution in [3.8, 4) is 0 Å². The first kappa shape index (κ1) is 20.2. The summed E-state index contributed by atoms with van der Waals surface area (Å²) >= 11 is 0. The van der Waals surface area contributed by atoms with Gasteiger partial charge in [0.2, 0.25) is 0 Å². The molecule has 0 aromatic rings. The lowest BCUT2D eigenvalue weighted by Gasteiger charge is -2.48. The lowest BCUT2D eigenvalue weighted by atomic mass is 9.67. The van der Waals surface area contributed by atoms with Gasteiger partial charge in [-0.3, -0.25) is 10.2 Å². The predicted molar refractivity (Wildman–Crippen MR) is 105 cm³/mol. The molecule has 3 heteroatoms. The largest absolute Gasteiger partial charge is 0.315 e. The average molecular weight is 338 g/mol. The fourth-order valence-electron chi connectivity index (χ4n) is 6.06. The molecule has 3 rings (SSSR count). The summed E-state index contributed by atoms with van der Waals surface area (Å²) in [6, 6.07) is 1.33. The monoisotopic (exact) mass is 337 g/mol. The van der Waals surface area contributed by atoms with Gasteiger partial charge >= 0.3 is 0 Å². The Balaban J connectivity index is 0.00000208. The molecular formula is C21H43N3. The number of rotatable bonds is 1. The maximum Gasteiger partial charge on any atom is 0.0642 e. The first-order valence-corrected chi connectivity index (χ1v) is 9.78. The van der Waals surface area contributed by atoms with E-state index < -0.39 is 0 Å². The number of hydrogen-bond acceptors (Lipinski definition) is 3. The van der Waals surface area contributed by atoms with Crippen LogP contribution in [0.4, 0.5) is 0 Å². The Morgan fingerprint density at radius 3 is 2.17 bits per heavy atom. The third kappa shape index (κ3) is 3.17. The predicted octanol–water partition coefficient (Wildman–Crippen LogP) is 3.95. The van der Waals surface area contributed by atoms with Crippen LogP contribution < -0.4 is 10.6 Å². The van der Waals surface area contributed by atoms with Crippen molar-refractivity contribution >= 4 is 0 Å². The van der Waals surface area contributed by atoms with Crippen molar-refractivity contribution in [2.75, 3.05) is 13.1 Å². The number of fused-ring (bicyclic) bond motifs is 3. The third-order valence-electron chi connectivity index (χ3n) is 6.62. The standard InChI is InChI=1S/C20H39N3.CH4/c1-12(2)15-16-13-9-10-21-11-14(13)22-18(16)23(20(6,7)8)17(15)19(3,4)5;/h12-18,21-22H,9-11H2,1-8H3;1H4. The van der Waals surface area contributed by atoms with Crippen molar-refractivity contribution in [2.45, 2.75) is 93.0 Å². The molecule has 0 radical (unpaired) electrons. The molecule has 0 aromatic carbocycles. The molecular weight excluding hydrogens is 294 g/mol. The molecule has 3 fully saturated rings. The summed E-state index contributed by atoms with van der Waals surface area (Å²) in [6.07, 6.45) is 1.90. The SMILES string of the molecule is C.CC(C)C1C2C3CCNCC3NC2N(C(C)(C)C)C1C(C)(C)C. The molecule has 6 unspecified atom stereocenters. The fourth-order valence-corrected chi connectivity index (χ4v) is 6.06. The van der Waals surface area contributed by atoms with Gasteiger partial charge in [-0.2, -0.15) is 0 Å². The number of likely N-dealkylation sites (tertiary alicyclic amines) is 1. The zero-order chi connectivity index (χ0) is 17.2. The van der Waals surface area contributed by atoms with E-state index in [4.69, 9.17) is 0 Å². The van der Waals surface area contributed by atoms with Gasteiger partial charge in [-0.05, 0) is 62.8 Å². The van der Waals surface area contributed by atoms with E-state index in [9.17, 15) is 0 Å². The molecule has 3 saturated heterocycles. The molecule has 142 valence electrons. The minimum absolute atomic E-state index is 0. The van der Waals surface area contributed by atoms with Crippen molar-refractivity contribution in [1.82, 2.24) is 15.5 Å². The summed E-state index contributed by atoms with van der Waals surface area (Å²) in [5.74, 6) is 3.20. The van der Waals surface area contributed by atoms with Crippen molar-refractivity contribution in [2.24, 2.45) is 29.1 Å². The molecule has 2 N–H and O–H groups in total. The number of nitrogens with one attached hydrogen (secondary N) is 2. The van der Waals surface area contributed by atoms with Gasteiger partial charge in [-0.15, -0.1) is 0 Å². The number of piperidine rings is 1. The Kier molecular flexibility index (Phi) is 5.52. The van der Waals surface area contributed by atoms with Crippen molar-refractivity contribution in [1.29, 1.82) is 0 Å². The molecule has 0 bridgehead atoms. The van der Waals surface area contributed by atoms with Gasteiger partial charge in [0.25, 0.3) is 0 Å². The summed E-state index contributed by atoms with van der Waals surface area (Å²) in [5, 5.41) is 7.67. The summed E-state index contributed by atoms with van der Waals surface area (Å²) in [4.78, 5) is 2.86. The van der Waals surface area contributed by atoms with Crippen LogP contribution in [0.3, 0.4) is 0 Å². The lowest BCUT2D eigenvalue weighted by Crippen LogP contribution is -2.59. The molecule has 0 spiro atoms. The molecule has 0 aliphatic carbocycles. The first-order valence-electron chi connectivity index (χ1n) is 9.78. The Hall–Kier alpha value is -0.120. The molecule has 0 saturated carbocycles. The summed E-state index contributed by atoms with van der Waals surface area (Å²) in [7, 11) is 0. The summed E-state index contributed by atoms with van der Waals surface area (Å²) in [6.45, 7) is 21.9. The van der Waals surface area contributed by atoms with Crippen LogP contribution in [0.25, 0.3) is 0 Å². The maximum atomic E-state index is 4.06. The van der Waals surface area contributed by atoms with Crippen molar-refractivity contribution < 1.29 is 0 Å².